The van der Waals surface area contributed by atoms with Crippen LogP contribution in [0.5, 0.6) is 5.75 Å². The van der Waals surface area contributed by atoms with Crippen LogP contribution in [0.4, 0.5) is 0 Å². The third-order valence-electron chi connectivity index (χ3n) is 3.52. The highest BCUT2D eigenvalue weighted by molar-refractivity contribution is 7.99. The van der Waals surface area contributed by atoms with Crippen LogP contribution in [-0.4, -0.2) is 33.1 Å². The van der Waals surface area contributed by atoms with E-state index in [2.05, 4.69) is 10.2 Å². The highest BCUT2D eigenvalue weighted by Crippen LogP contribution is 2.26. The minimum atomic E-state index is 0.0744. The number of carbonyl (C=O) groups excluding carboxylic acids is 1. The summed E-state index contributed by atoms with van der Waals surface area (Å²) in [5, 5.41) is 11.3. The number of rotatable bonds is 5. The summed E-state index contributed by atoms with van der Waals surface area (Å²) >= 11 is 7.70. The number of halogens is 1. The Bertz CT molecular complexity index is 735. The van der Waals surface area contributed by atoms with Crippen molar-refractivity contribution in [2.75, 3.05) is 17.3 Å². The topological polar surface area (TPSA) is 60.3 Å². The molecule has 1 aromatic heterocycles. The molecule has 0 bridgehead atoms. The molecule has 6 nitrogen and oxygen atoms in total. The molecule has 2 heterocycles. The zero-order valence-electron chi connectivity index (χ0n) is 13.6. The van der Waals surface area contributed by atoms with Crippen LogP contribution < -0.4 is 9.75 Å². The van der Waals surface area contributed by atoms with Gasteiger partial charge in [-0.25, -0.2) is 9.69 Å². The van der Waals surface area contributed by atoms with E-state index in [-0.39, 0.29) is 12.5 Å². The Morgan fingerprint density at radius 2 is 2.17 bits per heavy atom. The van der Waals surface area contributed by atoms with Gasteiger partial charge in [0.25, 0.3) is 0 Å². The molecule has 1 aliphatic heterocycles. The lowest BCUT2D eigenvalue weighted by atomic mass is 10.1. The Balaban J connectivity index is 1.80. The second-order valence-electron chi connectivity index (χ2n) is 5.89. The second-order valence-corrected chi connectivity index (χ2v) is 7.36. The molecule has 1 amide bonds. The first-order chi connectivity index (χ1) is 11.6. The van der Waals surface area contributed by atoms with Crippen LogP contribution in [0.2, 0.25) is 5.02 Å². The number of fused-ring (bicyclic) bond motifs is 1. The smallest absolute Gasteiger partial charge is 0.241 e. The van der Waals surface area contributed by atoms with Gasteiger partial charge in [0.2, 0.25) is 11.1 Å². The maximum atomic E-state index is 12.5. The Kier molecular flexibility index (Phi) is 5.30. The number of hydrogen-bond donors (Lipinski definition) is 0. The molecule has 0 fully saturated rings. The van der Waals surface area contributed by atoms with Gasteiger partial charge < -0.3 is 4.74 Å². The quantitative estimate of drug-likeness (QED) is 0.813. The predicted octanol–water partition coefficient (Wildman–Crippen LogP) is 3.13. The van der Waals surface area contributed by atoms with Gasteiger partial charge in [0.15, 0.2) is 5.82 Å². The first-order valence-corrected chi connectivity index (χ1v) is 9.17. The highest BCUT2D eigenvalue weighted by atomic mass is 35.5. The van der Waals surface area contributed by atoms with Gasteiger partial charge >= 0.3 is 0 Å². The molecular formula is C16H19ClN4O2S. The number of nitrogens with zero attached hydrogens (tertiary/aromatic N) is 4. The molecule has 1 aromatic carbocycles. The number of aromatic nitrogens is 3. The van der Waals surface area contributed by atoms with Crippen molar-refractivity contribution in [3.63, 3.8) is 0 Å². The van der Waals surface area contributed by atoms with E-state index in [0.29, 0.717) is 35.5 Å². The summed E-state index contributed by atoms with van der Waals surface area (Å²) in [5.41, 5.74) is 0. The van der Waals surface area contributed by atoms with Crippen LogP contribution in [0.1, 0.15) is 26.1 Å². The third-order valence-corrected chi connectivity index (χ3v) is 4.73. The SMILES string of the molecule is CC(C)CC(=O)N1CCSc2nnc(COc3ccccc3Cl)n21. The van der Waals surface area contributed by atoms with Gasteiger partial charge in [-0.1, -0.05) is 49.3 Å². The van der Waals surface area contributed by atoms with Crippen LogP contribution in [0.25, 0.3) is 0 Å². The molecule has 0 unspecified atom stereocenters. The van der Waals surface area contributed by atoms with Crippen molar-refractivity contribution in [1.82, 2.24) is 14.9 Å². The molecule has 0 spiro atoms. The van der Waals surface area contributed by atoms with Crippen molar-refractivity contribution in [2.24, 2.45) is 5.92 Å². The zero-order chi connectivity index (χ0) is 17.1. The first kappa shape index (κ1) is 17.1. The number of carbonyl (C=O) groups is 1. The molecule has 128 valence electrons. The van der Waals surface area contributed by atoms with E-state index in [1.807, 2.05) is 26.0 Å². The van der Waals surface area contributed by atoms with Crippen LogP contribution in [0.15, 0.2) is 29.4 Å². The molecule has 0 atom stereocenters. The van der Waals surface area contributed by atoms with E-state index in [1.54, 1.807) is 33.6 Å². The molecule has 0 radical (unpaired) electrons. The van der Waals surface area contributed by atoms with Crippen molar-refractivity contribution in [3.05, 3.63) is 35.1 Å². The maximum Gasteiger partial charge on any atom is 0.241 e. The number of hydrogen-bond acceptors (Lipinski definition) is 5. The largest absolute Gasteiger partial charge is 0.484 e. The zero-order valence-corrected chi connectivity index (χ0v) is 15.2. The lowest BCUT2D eigenvalue weighted by Crippen LogP contribution is -2.46. The summed E-state index contributed by atoms with van der Waals surface area (Å²) in [6.07, 6.45) is 0.493. The standard InChI is InChI=1S/C16H19ClN4O2S/c1-11(2)9-15(22)20-7-8-24-16-19-18-14(21(16)20)10-23-13-6-4-3-5-12(13)17/h3-6,11H,7-10H2,1-2H3. The fourth-order valence-corrected chi connectivity index (χ4v) is 3.50. The molecule has 0 saturated carbocycles. The number of benzene rings is 1. The minimum absolute atomic E-state index is 0.0744. The number of ether oxygens (including phenoxy) is 1. The summed E-state index contributed by atoms with van der Waals surface area (Å²) < 4.78 is 7.53. The summed E-state index contributed by atoms with van der Waals surface area (Å²) in [5.74, 6) is 2.36. The third kappa shape index (κ3) is 3.67. The average molecular weight is 367 g/mol. The van der Waals surface area contributed by atoms with Crippen molar-refractivity contribution >= 4 is 29.3 Å². The molecule has 2 aromatic rings. The summed E-state index contributed by atoms with van der Waals surface area (Å²) in [7, 11) is 0. The van der Waals surface area contributed by atoms with Crippen molar-refractivity contribution in [2.45, 2.75) is 32.0 Å². The van der Waals surface area contributed by atoms with Gasteiger partial charge in [0.05, 0.1) is 11.6 Å². The van der Waals surface area contributed by atoms with Crippen LogP contribution in [0, 0.1) is 5.92 Å². The molecule has 8 heteroatoms. The van der Waals surface area contributed by atoms with Crippen LogP contribution in [0.3, 0.4) is 0 Å². The number of para-hydroxylation sites is 1. The Morgan fingerprint density at radius 3 is 2.92 bits per heavy atom. The van der Waals surface area contributed by atoms with E-state index in [0.717, 1.165) is 10.9 Å². The molecule has 0 N–H and O–H groups in total. The Hall–Kier alpha value is -1.73. The lowest BCUT2D eigenvalue weighted by molar-refractivity contribution is -0.121. The van der Waals surface area contributed by atoms with E-state index in [1.165, 1.54) is 0 Å². The molecular weight excluding hydrogens is 348 g/mol. The van der Waals surface area contributed by atoms with Crippen LogP contribution >= 0.6 is 23.4 Å². The predicted molar refractivity (Wildman–Crippen MR) is 94.1 cm³/mol. The van der Waals surface area contributed by atoms with E-state index < -0.39 is 0 Å². The Morgan fingerprint density at radius 1 is 1.38 bits per heavy atom. The van der Waals surface area contributed by atoms with Gasteiger partial charge in [-0.05, 0) is 18.1 Å². The maximum absolute atomic E-state index is 12.5. The second kappa shape index (κ2) is 7.44. The van der Waals surface area contributed by atoms with Gasteiger partial charge in [-0.3, -0.25) is 4.79 Å². The summed E-state index contributed by atoms with van der Waals surface area (Å²) in [4.78, 5) is 12.5. The normalized spacial score (nSPS) is 13.9. The van der Waals surface area contributed by atoms with Gasteiger partial charge in [0, 0.05) is 12.2 Å². The number of thioether (sulfide) groups is 1. The van der Waals surface area contributed by atoms with Gasteiger partial charge in [0.1, 0.15) is 12.4 Å². The van der Waals surface area contributed by atoms with Crippen LogP contribution in [-0.2, 0) is 11.4 Å². The summed E-state index contributed by atoms with van der Waals surface area (Å²) in [6, 6.07) is 7.27. The van der Waals surface area contributed by atoms with Gasteiger partial charge in [-0.2, -0.15) is 0 Å². The van der Waals surface area contributed by atoms with E-state index in [9.17, 15) is 4.79 Å². The molecule has 1 aliphatic rings. The van der Waals surface area contributed by atoms with Gasteiger partial charge in [-0.15, -0.1) is 10.2 Å². The first-order valence-electron chi connectivity index (χ1n) is 7.81. The monoisotopic (exact) mass is 366 g/mol. The van der Waals surface area contributed by atoms with Crippen molar-refractivity contribution in [3.8, 4) is 5.75 Å². The fraction of sp³-hybridized carbons (Fsp3) is 0.438. The average Bonchev–Trinajstić information content (AvgIpc) is 2.96. The molecule has 0 aliphatic carbocycles. The van der Waals surface area contributed by atoms with E-state index >= 15 is 0 Å². The lowest BCUT2D eigenvalue weighted by Gasteiger charge is -2.29. The molecule has 3 rings (SSSR count). The van der Waals surface area contributed by atoms with Crippen molar-refractivity contribution < 1.29 is 9.53 Å². The van der Waals surface area contributed by atoms with Crippen molar-refractivity contribution in [1.29, 1.82) is 0 Å². The fourth-order valence-electron chi connectivity index (χ4n) is 2.44. The minimum Gasteiger partial charge on any atom is -0.484 e. The Labute approximate surface area is 150 Å². The van der Waals surface area contributed by atoms with E-state index in [4.69, 9.17) is 16.3 Å². The summed E-state index contributed by atoms with van der Waals surface area (Å²) in [6.45, 7) is 4.90. The highest BCUT2D eigenvalue weighted by Gasteiger charge is 2.27. The molecule has 24 heavy (non-hydrogen) atoms. The molecule has 0 saturated heterocycles. The number of amides is 1.